The molecule has 0 saturated carbocycles. The van der Waals surface area contributed by atoms with Crippen LogP contribution >= 0.6 is 11.6 Å². The van der Waals surface area contributed by atoms with Gasteiger partial charge in [0.2, 0.25) is 5.91 Å². The SMILES string of the molecule is O=C([C@@H]1Cc2cc(C(F)(F)F)ccc2N2CCN(c3cccc(Cl)c3)C[C@H]12)N1CCOCC1. The highest BCUT2D eigenvalue weighted by Crippen LogP contribution is 2.41. The van der Waals surface area contributed by atoms with Gasteiger partial charge in [0.25, 0.3) is 0 Å². The first kappa shape index (κ1) is 22.3. The molecular weight excluding hydrogens is 455 g/mol. The molecule has 1 amide bonds. The van der Waals surface area contributed by atoms with Crippen LogP contribution in [0.5, 0.6) is 0 Å². The van der Waals surface area contributed by atoms with E-state index in [9.17, 15) is 18.0 Å². The Morgan fingerprint density at radius 3 is 2.55 bits per heavy atom. The number of hydrogen-bond acceptors (Lipinski definition) is 4. The lowest BCUT2D eigenvalue weighted by atomic mass is 9.82. The van der Waals surface area contributed by atoms with Gasteiger partial charge >= 0.3 is 6.18 Å². The third-order valence-corrected chi connectivity index (χ3v) is 7.09. The molecule has 3 aliphatic heterocycles. The molecule has 0 bridgehead atoms. The number of carbonyl (C=O) groups excluding carboxylic acids is 1. The van der Waals surface area contributed by atoms with Crippen molar-refractivity contribution >= 4 is 28.9 Å². The van der Waals surface area contributed by atoms with Gasteiger partial charge in [0.05, 0.1) is 30.7 Å². The summed E-state index contributed by atoms with van der Waals surface area (Å²) in [5.41, 5.74) is 1.70. The summed E-state index contributed by atoms with van der Waals surface area (Å²) < 4.78 is 45.6. The number of rotatable bonds is 2. The molecule has 5 nitrogen and oxygen atoms in total. The van der Waals surface area contributed by atoms with Crippen LogP contribution in [-0.4, -0.2) is 62.8 Å². The van der Waals surface area contributed by atoms with E-state index in [0.29, 0.717) is 62.9 Å². The number of amides is 1. The molecule has 2 atom stereocenters. The topological polar surface area (TPSA) is 36.0 Å². The normalized spacial score (nSPS) is 23.2. The second kappa shape index (κ2) is 8.72. The predicted octanol–water partition coefficient (Wildman–Crippen LogP) is 4.09. The number of benzene rings is 2. The van der Waals surface area contributed by atoms with Crippen LogP contribution in [0.15, 0.2) is 42.5 Å². The second-order valence-electron chi connectivity index (χ2n) is 8.78. The summed E-state index contributed by atoms with van der Waals surface area (Å²) >= 11 is 6.20. The lowest BCUT2D eigenvalue weighted by Crippen LogP contribution is -2.62. The molecule has 0 unspecified atom stereocenters. The van der Waals surface area contributed by atoms with E-state index in [0.717, 1.165) is 17.4 Å². The number of hydrogen-bond donors (Lipinski definition) is 0. The standard InChI is InChI=1S/C24H25ClF3N3O2/c25-18-2-1-3-19(14-18)30-6-7-31-21-5-4-17(24(26,27)28)12-16(21)13-20(22(31)15-30)23(32)29-8-10-33-11-9-29/h1-5,12,14,20,22H,6-11,13,15H2/t20-,22-/m1/s1. The van der Waals surface area contributed by atoms with Gasteiger partial charge in [-0.2, -0.15) is 13.2 Å². The van der Waals surface area contributed by atoms with Gasteiger partial charge in [0, 0.05) is 49.1 Å². The Morgan fingerprint density at radius 1 is 1.03 bits per heavy atom. The number of nitrogens with zero attached hydrogens (tertiary/aromatic N) is 3. The molecular formula is C24H25ClF3N3O2. The van der Waals surface area contributed by atoms with Gasteiger partial charge in [0.15, 0.2) is 0 Å². The van der Waals surface area contributed by atoms with E-state index >= 15 is 0 Å². The van der Waals surface area contributed by atoms with Crippen LogP contribution in [0.2, 0.25) is 5.02 Å². The van der Waals surface area contributed by atoms with Crippen LogP contribution in [0.4, 0.5) is 24.5 Å². The Hall–Kier alpha value is -2.45. The number of fused-ring (bicyclic) bond motifs is 3. The van der Waals surface area contributed by atoms with E-state index in [-0.39, 0.29) is 11.9 Å². The van der Waals surface area contributed by atoms with Gasteiger partial charge in [-0.25, -0.2) is 0 Å². The third-order valence-electron chi connectivity index (χ3n) is 6.85. The second-order valence-corrected chi connectivity index (χ2v) is 9.21. The minimum Gasteiger partial charge on any atom is -0.378 e. The van der Waals surface area contributed by atoms with Crippen LogP contribution in [0.1, 0.15) is 11.1 Å². The summed E-state index contributed by atoms with van der Waals surface area (Å²) in [6.45, 7) is 3.89. The first-order valence-corrected chi connectivity index (χ1v) is 11.5. The van der Waals surface area contributed by atoms with Crippen LogP contribution in [0.3, 0.4) is 0 Å². The maximum Gasteiger partial charge on any atom is 0.416 e. The molecule has 0 aliphatic carbocycles. The summed E-state index contributed by atoms with van der Waals surface area (Å²) in [4.78, 5) is 19.7. The fraction of sp³-hybridized carbons (Fsp3) is 0.458. The molecule has 0 aromatic heterocycles. The Kier molecular flexibility index (Phi) is 5.91. The molecule has 2 saturated heterocycles. The molecule has 3 aliphatic rings. The monoisotopic (exact) mass is 479 g/mol. The van der Waals surface area contributed by atoms with Crippen molar-refractivity contribution in [3.63, 3.8) is 0 Å². The number of carbonyl (C=O) groups is 1. The molecule has 0 N–H and O–H groups in total. The lowest BCUT2D eigenvalue weighted by molar-refractivity contribution is -0.140. The zero-order valence-corrected chi connectivity index (χ0v) is 18.8. The largest absolute Gasteiger partial charge is 0.416 e. The van der Waals surface area contributed by atoms with Crippen LogP contribution < -0.4 is 9.80 Å². The van der Waals surface area contributed by atoms with Crippen molar-refractivity contribution in [1.82, 2.24) is 4.90 Å². The molecule has 176 valence electrons. The van der Waals surface area contributed by atoms with E-state index in [2.05, 4.69) is 9.80 Å². The van der Waals surface area contributed by atoms with E-state index in [1.165, 1.54) is 6.07 Å². The summed E-state index contributed by atoms with van der Waals surface area (Å²) in [5, 5.41) is 0.643. The number of piperazine rings is 1. The summed E-state index contributed by atoms with van der Waals surface area (Å²) in [6.07, 6.45) is -4.12. The first-order chi connectivity index (χ1) is 15.8. The van der Waals surface area contributed by atoms with Crippen LogP contribution in [-0.2, 0) is 22.1 Å². The highest BCUT2D eigenvalue weighted by Gasteiger charge is 2.44. The van der Waals surface area contributed by atoms with Gasteiger partial charge < -0.3 is 19.4 Å². The average molecular weight is 480 g/mol. The van der Waals surface area contributed by atoms with E-state index in [1.807, 2.05) is 24.3 Å². The number of anilines is 2. The molecule has 0 spiro atoms. The summed E-state index contributed by atoms with van der Waals surface area (Å²) in [6, 6.07) is 11.4. The van der Waals surface area contributed by atoms with Crippen molar-refractivity contribution in [3.05, 3.63) is 58.6 Å². The molecule has 33 heavy (non-hydrogen) atoms. The average Bonchev–Trinajstić information content (AvgIpc) is 2.82. The van der Waals surface area contributed by atoms with Gasteiger partial charge in [0.1, 0.15) is 0 Å². The van der Waals surface area contributed by atoms with Gasteiger partial charge in [-0.15, -0.1) is 0 Å². The summed E-state index contributed by atoms with van der Waals surface area (Å²) in [5.74, 6) is -0.439. The van der Waals surface area contributed by atoms with E-state index in [1.54, 1.807) is 11.0 Å². The maximum atomic E-state index is 13.6. The maximum absolute atomic E-state index is 13.6. The zero-order chi connectivity index (χ0) is 23.2. The molecule has 3 heterocycles. The molecule has 0 radical (unpaired) electrons. The Morgan fingerprint density at radius 2 is 1.82 bits per heavy atom. The van der Waals surface area contributed by atoms with Crippen molar-refractivity contribution in [1.29, 1.82) is 0 Å². The minimum atomic E-state index is -4.42. The number of halogens is 4. The number of alkyl halides is 3. The minimum absolute atomic E-state index is 0.00990. The Labute approximate surface area is 195 Å². The molecule has 5 rings (SSSR count). The predicted molar refractivity (Wildman–Crippen MR) is 121 cm³/mol. The number of ether oxygens (including phenoxy) is 1. The number of morpholine rings is 1. The Bertz CT molecular complexity index is 1040. The summed E-state index contributed by atoms with van der Waals surface area (Å²) in [7, 11) is 0. The lowest BCUT2D eigenvalue weighted by Gasteiger charge is -2.50. The highest BCUT2D eigenvalue weighted by molar-refractivity contribution is 6.30. The molecule has 2 fully saturated rings. The quantitative estimate of drug-likeness (QED) is 0.650. The van der Waals surface area contributed by atoms with Crippen molar-refractivity contribution in [2.45, 2.75) is 18.6 Å². The molecule has 2 aromatic carbocycles. The van der Waals surface area contributed by atoms with E-state index in [4.69, 9.17) is 16.3 Å². The molecule has 2 aromatic rings. The van der Waals surface area contributed by atoms with E-state index < -0.39 is 17.7 Å². The fourth-order valence-corrected chi connectivity index (χ4v) is 5.39. The molecule has 9 heteroatoms. The first-order valence-electron chi connectivity index (χ1n) is 11.1. The highest BCUT2D eigenvalue weighted by atomic mass is 35.5. The smallest absolute Gasteiger partial charge is 0.378 e. The van der Waals surface area contributed by atoms with Crippen molar-refractivity contribution in [2.24, 2.45) is 5.92 Å². The van der Waals surface area contributed by atoms with Crippen LogP contribution in [0, 0.1) is 5.92 Å². The van der Waals surface area contributed by atoms with Gasteiger partial charge in [-0.05, 0) is 48.4 Å². The van der Waals surface area contributed by atoms with Crippen molar-refractivity contribution in [2.75, 3.05) is 55.7 Å². The fourth-order valence-electron chi connectivity index (χ4n) is 5.21. The van der Waals surface area contributed by atoms with Crippen molar-refractivity contribution in [3.8, 4) is 0 Å². The zero-order valence-electron chi connectivity index (χ0n) is 18.0. The Balaban J connectivity index is 1.49. The third kappa shape index (κ3) is 4.38. The van der Waals surface area contributed by atoms with Crippen molar-refractivity contribution < 1.29 is 22.7 Å². The van der Waals surface area contributed by atoms with Gasteiger partial charge in [-0.3, -0.25) is 4.79 Å². The van der Waals surface area contributed by atoms with Crippen LogP contribution in [0.25, 0.3) is 0 Å². The van der Waals surface area contributed by atoms with Gasteiger partial charge in [-0.1, -0.05) is 17.7 Å².